The summed E-state index contributed by atoms with van der Waals surface area (Å²) < 4.78 is 11.7. The van der Waals surface area contributed by atoms with Crippen molar-refractivity contribution in [1.29, 1.82) is 0 Å². The zero-order valence-corrected chi connectivity index (χ0v) is 13.8. The first-order valence-electron chi connectivity index (χ1n) is 8.16. The molecule has 2 unspecified atom stereocenters. The maximum absolute atomic E-state index is 5.99. The molecule has 1 N–H and O–H groups in total. The molecule has 1 aromatic carbocycles. The van der Waals surface area contributed by atoms with Gasteiger partial charge < -0.3 is 14.8 Å². The molecule has 1 heterocycles. The van der Waals surface area contributed by atoms with Crippen LogP contribution in [0.2, 0.25) is 0 Å². The van der Waals surface area contributed by atoms with Gasteiger partial charge in [0.15, 0.2) is 0 Å². The van der Waals surface area contributed by atoms with E-state index in [1.807, 2.05) is 0 Å². The van der Waals surface area contributed by atoms with Crippen LogP contribution in [-0.2, 0) is 4.74 Å². The van der Waals surface area contributed by atoms with Crippen LogP contribution >= 0.6 is 0 Å². The first kappa shape index (κ1) is 16.3. The number of hydrogen-bond donors (Lipinski definition) is 1. The van der Waals surface area contributed by atoms with Crippen molar-refractivity contribution >= 4 is 0 Å². The van der Waals surface area contributed by atoms with E-state index < -0.39 is 0 Å². The minimum Gasteiger partial charge on any atom is -0.492 e. The molecule has 2 rings (SSSR count). The normalized spacial score (nSPS) is 20.0. The van der Waals surface area contributed by atoms with Crippen molar-refractivity contribution in [1.82, 2.24) is 5.32 Å². The molecular formula is C18H29NO2. The third kappa shape index (κ3) is 4.72. The number of benzene rings is 1. The van der Waals surface area contributed by atoms with E-state index in [1.54, 1.807) is 0 Å². The number of aryl methyl sites for hydroxylation is 1. The largest absolute Gasteiger partial charge is 0.492 e. The molecule has 0 radical (unpaired) electrons. The molecule has 2 atom stereocenters. The maximum Gasteiger partial charge on any atom is 0.123 e. The molecule has 1 saturated heterocycles. The van der Waals surface area contributed by atoms with E-state index in [2.05, 4.69) is 51.2 Å². The van der Waals surface area contributed by atoms with Gasteiger partial charge in [-0.3, -0.25) is 0 Å². The van der Waals surface area contributed by atoms with Crippen LogP contribution < -0.4 is 10.1 Å². The summed E-state index contributed by atoms with van der Waals surface area (Å²) in [6.07, 6.45) is 2.73. The SMILES string of the molecule is Cc1ccc(C(C)C)c(OCCNC(C)C2CCCO2)c1. The van der Waals surface area contributed by atoms with Crippen molar-refractivity contribution in [2.24, 2.45) is 0 Å². The van der Waals surface area contributed by atoms with Gasteiger partial charge in [-0.25, -0.2) is 0 Å². The van der Waals surface area contributed by atoms with E-state index in [0.29, 0.717) is 24.7 Å². The van der Waals surface area contributed by atoms with E-state index in [-0.39, 0.29) is 0 Å². The summed E-state index contributed by atoms with van der Waals surface area (Å²) >= 11 is 0. The standard InChI is InChI=1S/C18H29NO2/c1-13(2)16-8-7-14(3)12-18(16)21-11-9-19-15(4)17-6-5-10-20-17/h7-8,12-13,15,17,19H,5-6,9-11H2,1-4H3. The average molecular weight is 291 g/mol. The molecule has 0 aromatic heterocycles. The van der Waals surface area contributed by atoms with E-state index in [4.69, 9.17) is 9.47 Å². The minimum absolute atomic E-state index is 0.371. The summed E-state index contributed by atoms with van der Waals surface area (Å²) in [5, 5.41) is 3.51. The predicted octanol–water partition coefficient (Wildman–Crippen LogP) is 3.65. The van der Waals surface area contributed by atoms with E-state index in [1.165, 1.54) is 24.0 Å². The zero-order valence-electron chi connectivity index (χ0n) is 13.8. The molecule has 1 aromatic rings. The highest BCUT2D eigenvalue weighted by Crippen LogP contribution is 2.27. The van der Waals surface area contributed by atoms with Crippen molar-refractivity contribution < 1.29 is 9.47 Å². The van der Waals surface area contributed by atoms with E-state index in [0.717, 1.165) is 18.9 Å². The van der Waals surface area contributed by atoms with Crippen LogP contribution in [0.25, 0.3) is 0 Å². The quantitative estimate of drug-likeness (QED) is 0.778. The van der Waals surface area contributed by atoms with Crippen LogP contribution in [0.15, 0.2) is 18.2 Å². The van der Waals surface area contributed by atoms with Gasteiger partial charge in [0.05, 0.1) is 6.10 Å². The van der Waals surface area contributed by atoms with Crippen LogP contribution in [0.5, 0.6) is 5.75 Å². The second-order valence-corrected chi connectivity index (χ2v) is 6.34. The van der Waals surface area contributed by atoms with Gasteiger partial charge in [-0.15, -0.1) is 0 Å². The Morgan fingerprint density at radius 1 is 1.33 bits per heavy atom. The van der Waals surface area contributed by atoms with Gasteiger partial charge >= 0.3 is 0 Å². The van der Waals surface area contributed by atoms with Gasteiger partial charge in [0.25, 0.3) is 0 Å². The van der Waals surface area contributed by atoms with Gasteiger partial charge in [0, 0.05) is 19.2 Å². The van der Waals surface area contributed by atoms with Gasteiger partial charge in [-0.2, -0.15) is 0 Å². The molecule has 21 heavy (non-hydrogen) atoms. The average Bonchev–Trinajstić information content (AvgIpc) is 2.97. The fourth-order valence-electron chi connectivity index (χ4n) is 2.82. The van der Waals surface area contributed by atoms with E-state index >= 15 is 0 Å². The Balaban J connectivity index is 1.79. The van der Waals surface area contributed by atoms with Crippen molar-refractivity contribution in [3.63, 3.8) is 0 Å². The summed E-state index contributed by atoms with van der Waals surface area (Å²) in [5.41, 5.74) is 2.53. The van der Waals surface area contributed by atoms with Crippen LogP contribution in [0.1, 0.15) is 50.7 Å². The van der Waals surface area contributed by atoms with Crippen molar-refractivity contribution in [2.75, 3.05) is 19.8 Å². The molecule has 0 saturated carbocycles. The van der Waals surface area contributed by atoms with Gasteiger partial charge in [-0.1, -0.05) is 26.0 Å². The lowest BCUT2D eigenvalue weighted by atomic mass is 10.0. The highest BCUT2D eigenvalue weighted by atomic mass is 16.5. The second-order valence-electron chi connectivity index (χ2n) is 6.34. The Morgan fingerprint density at radius 3 is 2.81 bits per heavy atom. The van der Waals surface area contributed by atoms with Gasteiger partial charge in [0.2, 0.25) is 0 Å². The van der Waals surface area contributed by atoms with Crippen LogP contribution in [0, 0.1) is 6.92 Å². The molecule has 3 heteroatoms. The minimum atomic E-state index is 0.371. The third-order valence-corrected chi connectivity index (χ3v) is 4.14. The summed E-state index contributed by atoms with van der Waals surface area (Å²) in [4.78, 5) is 0. The number of hydrogen-bond acceptors (Lipinski definition) is 3. The van der Waals surface area contributed by atoms with Crippen molar-refractivity contribution in [3.8, 4) is 5.75 Å². The van der Waals surface area contributed by atoms with Crippen LogP contribution in [0.4, 0.5) is 0 Å². The van der Waals surface area contributed by atoms with E-state index in [9.17, 15) is 0 Å². The molecule has 1 aliphatic rings. The van der Waals surface area contributed by atoms with Crippen LogP contribution in [-0.4, -0.2) is 31.9 Å². The summed E-state index contributed by atoms with van der Waals surface area (Å²) in [6, 6.07) is 6.87. The number of rotatable bonds is 7. The molecule has 0 bridgehead atoms. The molecule has 1 aliphatic heterocycles. The molecule has 1 fully saturated rings. The summed E-state index contributed by atoms with van der Waals surface area (Å²) in [6.45, 7) is 11.2. The predicted molar refractivity (Wildman–Crippen MR) is 87.2 cm³/mol. The highest BCUT2D eigenvalue weighted by molar-refractivity contribution is 5.39. The molecule has 3 nitrogen and oxygen atoms in total. The van der Waals surface area contributed by atoms with Crippen LogP contribution in [0.3, 0.4) is 0 Å². The lowest BCUT2D eigenvalue weighted by molar-refractivity contribution is 0.0824. The Hall–Kier alpha value is -1.06. The fourth-order valence-corrected chi connectivity index (χ4v) is 2.82. The molecule has 0 spiro atoms. The molecule has 0 amide bonds. The van der Waals surface area contributed by atoms with Gasteiger partial charge in [0.1, 0.15) is 12.4 Å². The number of ether oxygens (including phenoxy) is 2. The molecule has 0 aliphatic carbocycles. The molecular weight excluding hydrogens is 262 g/mol. The third-order valence-electron chi connectivity index (χ3n) is 4.14. The van der Waals surface area contributed by atoms with Crippen molar-refractivity contribution in [2.45, 2.75) is 58.6 Å². The monoisotopic (exact) mass is 291 g/mol. The fraction of sp³-hybridized carbons (Fsp3) is 0.667. The molecule has 118 valence electrons. The van der Waals surface area contributed by atoms with Gasteiger partial charge in [-0.05, 0) is 49.8 Å². The lowest BCUT2D eigenvalue weighted by Gasteiger charge is -2.20. The first-order valence-corrected chi connectivity index (χ1v) is 8.16. The Kier molecular flexibility index (Phi) is 6.07. The summed E-state index contributed by atoms with van der Waals surface area (Å²) in [5.74, 6) is 1.51. The Labute approximate surface area is 129 Å². The highest BCUT2D eigenvalue weighted by Gasteiger charge is 2.21. The Morgan fingerprint density at radius 2 is 2.14 bits per heavy atom. The lowest BCUT2D eigenvalue weighted by Crippen LogP contribution is -2.39. The maximum atomic E-state index is 5.99. The second kappa shape index (κ2) is 7.81. The topological polar surface area (TPSA) is 30.5 Å². The first-order chi connectivity index (χ1) is 10.1. The Bertz CT molecular complexity index is 439. The zero-order chi connectivity index (χ0) is 15.2. The van der Waals surface area contributed by atoms with Crippen molar-refractivity contribution in [3.05, 3.63) is 29.3 Å². The number of nitrogens with one attached hydrogen (secondary N) is 1. The smallest absolute Gasteiger partial charge is 0.123 e. The summed E-state index contributed by atoms with van der Waals surface area (Å²) in [7, 11) is 0.